The van der Waals surface area contributed by atoms with Gasteiger partial charge in [-0.2, -0.15) is 22.8 Å². The van der Waals surface area contributed by atoms with E-state index in [0.717, 1.165) is 12.1 Å². The van der Waals surface area contributed by atoms with Crippen molar-refractivity contribution in [1.29, 1.82) is 5.26 Å². The lowest BCUT2D eigenvalue weighted by Crippen LogP contribution is -2.33. The Morgan fingerprint density at radius 3 is 2.23 bits per heavy atom. The number of carbonyl (C=O) groups is 1. The van der Waals surface area contributed by atoms with Crippen molar-refractivity contribution in [3.05, 3.63) is 23.8 Å². The van der Waals surface area contributed by atoms with Crippen LogP contribution in [0.25, 0.3) is 0 Å². The normalized spacial score (nSPS) is 22.8. The molecule has 0 heterocycles. The van der Waals surface area contributed by atoms with Gasteiger partial charge in [0, 0.05) is 0 Å². The third kappa shape index (κ3) is 4.36. The molecule has 0 atom stereocenters. The summed E-state index contributed by atoms with van der Waals surface area (Å²) in [5.74, 6) is -1.80. The van der Waals surface area contributed by atoms with E-state index in [9.17, 15) is 27.6 Å². The predicted molar refractivity (Wildman–Crippen MR) is 81.0 cm³/mol. The first kappa shape index (κ1) is 19.8. The lowest BCUT2D eigenvalue weighted by molar-refractivity contribution is -0.146. The zero-order chi connectivity index (χ0) is 19.3. The Morgan fingerprint density at radius 2 is 1.73 bits per heavy atom. The SMILES string of the molecule is COC(=O)[C@H]1CC[C@@](C#N)(c2ccc(OC(F)F)c(OC(F)F)c2)CC1. The number of ether oxygens (including phenoxy) is 3. The summed E-state index contributed by atoms with van der Waals surface area (Å²) in [6, 6.07) is 5.73. The maximum absolute atomic E-state index is 12.6. The van der Waals surface area contributed by atoms with Gasteiger partial charge in [-0.1, -0.05) is 6.07 Å². The van der Waals surface area contributed by atoms with E-state index in [1.807, 2.05) is 0 Å². The molecule has 0 N–H and O–H groups in total. The molecule has 0 spiro atoms. The van der Waals surface area contributed by atoms with Gasteiger partial charge in [-0.15, -0.1) is 0 Å². The average Bonchev–Trinajstić information content (AvgIpc) is 2.61. The van der Waals surface area contributed by atoms with E-state index in [4.69, 9.17) is 4.74 Å². The second-order valence-electron chi connectivity index (χ2n) is 5.91. The van der Waals surface area contributed by atoms with Gasteiger partial charge in [0.1, 0.15) is 0 Å². The molecule has 1 fully saturated rings. The number of nitriles is 1. The van der Waals surface area contributed by atoms with Crippen LogP contribution in [0.1, 0.15) is 31.2 Å². The molecular formula is C17H17F4NO4. The lowest BCUT2D eigenvalue weighted by Gasteiger charge is -2.34. The third-order valence-electron chi connectivity index (χ3n) is 4.52. The summed E-state index contributed by atoms with van der Waals surface area (Å²) in [6.07, 6.45) is 1.37. The number of halogens is 4. The number of methoxy groups -OCH3 is 1. The molecule has 0 radical (unpaired) electrons. The minimum atomic E-state index is -3.24. The molecule has 0 amide bonds. The first-order valence-corrected chi connectivity index (χ1v) is 7.84. The summed E-state index contributed by atoms with van der Waals surface area (Å²) < 4.78 is 63.2. The van der Waals surface area contributed by atoms with Crippen LogP contribution < -0.4 is 9.47 Å². The van der Waals surface area contributed by atoms with Crippen molar-refractivity contribution in [3.8, 4) is 17.6 Å². The van der Waals surface area contributed by atoms with Gasteiger partial charge in [0.25, 0.3) is 0 Å². The van der Waals surface area contributed by atoms with E-state index < -0.39 is 30.1 Å². The average molecular weight is 375 g/mol. The Bertz CT molecular complexity index is 682. The van der Waals surface area contributed by atoms with E-state index in [1.54, 1.807) is 0 Å². The summed E-state index contributed by atoms with van der Waals surface area (Å²) in [5, 5.41) is 9.66. The molecule has 9 heteroatoms. The van der Waals surface area contributed by atoms with E-state index in [2.05, 4.69) is 15.5 Å². The van der Waals surface area contributed by atoms with Crippen molar-refractivity contribution in [2.45, 2.75) is 44.3 Å². The zero-order valence-electron chi connectivity index (χ0n) is 13.9. The van der Waals surface area contributed by atoms with Crippen LogP contribution in [-0.4, -0.2) is 26.3 Å². The maximum Gasteiger partial charge on any atom is 0.387 e. The highest BCUT2D eigenvalue weighted by Crippen LogP contribution is 2.44. The largest absolute Gasteiger partial charge is 0.469 e. The van der Waals surface area contributed by atoms with Crippen LogP contribution >= 0.6 is 0 Å². The number of hydrogen-bond acceptors (Lipinski definition) is 5. The quantitative estimate of drug-likeness (QED) is 0.555. The Hall–Kier alpha value is -2.50. The minimum absolute atomic E-state index is 0.298. The topological polar surface area (TPSA) is 68.6 Å². The second kappa shape index (κ2) is 8.25. The van der Waals surface area contributed by atoms with Crippen molar-refractivity contribution < 1.29 is 36.6 Å². The van der Waals surface area contributed by atoms with Crippen LogP contribution in [0.5, 0.6) is 11.5 Å². The van der Waals surface area contributed by atoms with Crippen LogP contribution in [0.2, 0.25) is 0 Å². The molecule has 1 saturated carbocycles. The van der Waals surface area contributed by atoms with Crippen LogP contribution in [-0.2, 0) is 14.9 Å². The molecule has 1 aliphatic rings. The number of alkyl halides is 4. The van der Waals surface area contributed by atoms with Crippen LogP contribution in [0, 0.1) is 17.2 Å². The fourth-order valence-corrected chi connectivity index (χ4v) is 3.17. The molecule has 1 aliphatic carbocycles. The molecule has 1 aromatic carbocycles. The standard InChI is InChI=1S/C17H17F4NO4/c1-24-14(23)10-4-6-17(9-22,7-5-10)11-2-3-12(25-15(18)19)13(8-11)26-16(20)21/h2-3,8,10,15-16H,4-7H2,1H3/t10-,17+. The fourth-order valence-electron chi connectivity index (χ4n) is 3.17. The van der Waals surface area contributed by atoms with Gasteiger partial charge in [0.05, 0.1) is 24.5 Å². The number of esters is 1. The third-order valence-corrected chi connectivity index (χ3v) is 4.52. The molecule has 5 nitrogen and oxygen atoms in total. The van der Waals surface area contributed by atoms with Crippen molar-refractivity contribution in [1.82, 2.24) is 0 Å². The highest BCUT2D eigenvalue weighted by atomic mass is 19.3. The van der Waals surface area contributed by atoms with Gasteiger partial charge in [-0.3, -0.25) is 4.79 Å². The molecule has 2 rings (SSSR count). The highest BCUT2D eigenvalue weighted by Gasteiger charge is 2.40. The van der Waals surface area contributed by atoms with Gasteiger partial charge >= 0.3 is 19.2 Å². The minimum Gasteiger partial charge on any atom is -0.469 e. The molecular weight excluding hydrogens is 358 g/mol. The molecule has 0 unspecified atom stereocenters. The number of carbonyl (C=O) groups excluding carboxylic acids is 1. The van der Waals surface area contributed by atoms with Crippen molar-refractivity contribution in [2.75, 3.05) is 7.11 Å². The molecule has 0 bridgehead atoms. The highest BCUT2D eigenvalue weighted by molar-refractivity contribution is 5.72. The van der Waals surface area contributed by atoms with E-state index in [1.165, 1.54) is 13.2 Å². The van der Waals surface area contributed by atoms with Crippen molar-refractivity contribution in [2.24, 2.45) is 5.92 Å². The van der Waals surface area contributed by atoms with Gasteiger partial charge in [-0.25, -0.2) is 0 Å². The lowest BCUT2D eigenvalue weighted by atomic mass is 9.67. The van der Waals surface area contributed by atoms with E-state index in [0.29, 0.717) is 31.2 Å². The summed E-state index contributed by atoms with van der Waals surface area (Å²) in [4.78, 5) is 11.6. The molecule has 0 saturated heterocycles. The monoisotopic (exact) mass is 375 g/mol. The Balaban J connectivity index is 2.31. The number of rotatable bonds is 6. The second-order valence-corrected chi connectivity index (χ2v) is 5.91. The smallest absolute Gasteiger partial charge is 0.387 e. The Morgan fingerprint density at radius 1 is 1.15 bits per heavy atom. The fraction of sp³-hybridized carbons (Fsp3) is 0.529. The molecule has 1 aromatic rings. The van der Waals surface area contributed by atoms with Gasteiger partial charge in [-0.05, 0) is 43.4 Å². The number of benzene rings is 1. The Kier molecular flexibility index (Phi) is 6.29. The predicted octanol–water partition coefficient (Wildman–Crippen LogP) is 4.01. The van der Waals surface area contributed by atoms with Crippen LogP contribution in [0.3, 0.4) is 0 Å². The van der Waals surface area contributed by atoms with Gasteiger partial charge in [0.15, 0.2) is 11.5 Å². The number of hydrogen-bond donors (Lipinski definition) is 0. The molecule has 0 aromatic heterocycles. The van der Waals surface area contributed by atoms with E-state index in [-0.39, 0.29) is 11.9 Å². The summed E-state index contributed by atoms with van der Waals surface area (Å²) in [7, 11) is 1.28. The summed E-state index contributed by atoms with van der Waals surface area (Å²) in [6.45, 7) is -6.44. The van der Waals surface area contributed by atoms with Gasteiger partial charge < -0.3 is 14.2 Å². The Labute approximate surface area is 147 Å². The van der Waals surface area contributed by atoms with E-state index >= 15 is 0 Å². The molecule has 142 valence electrons. The summed E-state index contributed by atoms with van der Waals surface area (Å²) in [5.41, 5.74) is -0.686. The van der Waals surface area contributed by atoms with Crippen molar-refractivity contribution >= 4 is 5.97 Å². The summed E-state index contributed by atoms with van der Waals surface area (Å²) >= 11 is 0. The first-order valence-electron chi connectivity index (χ1n) is 7.84. The van der Waals surface area contributed by atoms with Crippen LogP contribution in [0.4, 0.5) is 17.6 Å². The zero-order valence-corrected chi connectivity index (χ0v) is 13.9. The van der Waals surface area contributed by atoms with Crippen molar-refractivity contribution in [3.63, 3.8) is 0 Å². The first-order chi connectivity index (χ1) is 12.3. The van der Waals surface area contributed by atoms with Crippen LogP contribution in [0.15, 0.2) is 18.2 Å². The molecule has 0 aliphatic heterocycles. The maximum atomic E-state index is 12.6. The number of nitrogens with zero attached hydrogens (tertiary/aromatic N) is 1. The van der Waals surface area contributed by atoms with Gasteiger partial charge in [0.2, 0.25) is 0 Å². The molecule has 26 heavy (non-hydrogen) atoms.